The summed E-state index contributed by atoms with van der Waals surface area (Å²) in [5.74, 6) is -1.11. The molecule has 0 nitrogen and oxygen atoms in total. The fourth-order valence-corrected chi connectivity index (χ4v) is 1.68. The number of rotatable bonds is 5. The van der Waals surface area contributed by atoms with Crippen LogP contribution in [0.15, 0.2) is 18.2 Å². The smallest absolute Gasteiger partial charge is 0.159 e. The topological polar surface area (TPSA) is 0 Å². The summed E-state index contributed by atoms with van der Waals surface area (Å²) in [6.45, 7) is 4.16. The number of hydrogen-bond acceptors (Lipinski definition) is 0. The molecule has 16 heavy (non-hydrogen) atoms. The van der Waals surface area contributed by atoms with E-state index in [1.807, 2.05) is 0 Å². The number of benzene rings is 1. The van der Waals surface area contributed by atoms with E-state index < -0.39 is 11.6 Å². The van der Waals surface area contributed by atoms with Crippen LogP contribution in [-0.2, 0) is 6.42 Å². The van der Waals surface area contributed by atoms with Crippen molar-refractivity contribution in [3.05, 3.63) is 35.4 Å². The van der Waals surface area contributed by atoms with Gasteiger partial charge in [-0.3, -0.25) is 0 Å². The van der Waals surface area contributed by atoms with Gasteiger partial charge < -0.3 is 0 Å². The van der Waals surface area contributed by atoms with E-state index in [4.69, 9.17) is 11.6 Å². The molecule has 90 valence electrons. The van der Waals surface area contributed by atoms with Crippen LogP contribution in [0.3, 0.4) is 0 Å². The van der Waals surface area contributed by atoms with Crippen LogP contribution in [-0.4, -0.2) is 5.38 Å². The van der Waals surface area contributed by atoms with Gasteiger partial charge in [0.1, 0.15) is 0 Å². The minimum atomic E-state index is -0.791. The fraction of sp³-hybridized carbons (Fsp3) is 0.538. The third-order valence-electron chi connectivity index (χ3n) is 2.65. The third-order valence-corrected chi connectivity index (χ3v) is 3.37. The van der Waals surface area contributed by atoms with E-state index in [2.05, 4.69) is 13.8 Å². The Labute approximate surface area is 101 Å². The van der Waals surface area contributed by atoms with Gasteiger partial charge in [0, 0.05) is 5.38 Å². The molecule has 1 rings (SSSR count). The quantitative estimate of drug-likeness (QED) is 0.669. The summed E-state index contributed by atoms with van der Waals surface area (Å²) in [7, 11) is 0. The molecule has 1 aromatic rings. The maximum atomic E-state index is 12.9. The molecule has 0 saturated carbocycles. The van der Waals surface area contributed by atoms with E-state index >= 15 is 0 Å². The van der Waals surface area contributed by atoms with E-state index in [1.165, 1.54) is 12.1 Å². The molecule has 0 spiro atoms. The molecule has 0 bridgehead atoms. The lowest BCUT2D eigenvalue weighted by Crippen LogP contribution is -2.07. The summed E-state index contributed by atoms with van der Waals surface area (Å²) in [5.41, 5.74) is 0.825. The van der Waals surface area contributed by atoms with Crippen molar-refractivity contribution in [1.82, 2.24) is 0 Å². The van der Waals surface area contributed by atoms with E-state index in [9.17, 15) is 8.78 Å². The molecule has 0 heterocycles. The number of hydrogen-bond donors (Lipinski definition) is 0. The normalized spacial score (nSPS) is 13.1. The molecule has 1 aromatic carbocycles. The van der Waals surface area contributed by atoms with Crippen molar-refractivity contribution < 1.29 is 8.78 Å². The second-order valence-corrected chi connectivity index (χ2v) is 4.96. The lowest BCUT2D eigenvalue weighted by Gasteiger charge is -2.12. The Morgan fingerprint density at radius 2 is 1.88 bits per heavy atom. The van der Waals surface area contributed by atoms with E-state index in [1.54, 1.807) is 6.07 Å². The van der Waals surface area contributed by atoms with Gasteiger partial charge in [-0.2, -0.15) is 0 Å². The summed E-state index contributed by atoms with van der Waals surface area (Å²) in [6.07, 6.45) is 2.54. The van der Waals surface area contributed by atoms with Crippen LogP contribution < -0.4 is 0 Å². The zero-order chi connectivity index (χ0) is 12.1. The third kappa shape index (κ3) is 4.09. The van der Waals surface area contributed by atoms with Crippen LogP contribution in [0.4, 0.5) is 8.78 Å². The highest BCUT2D eigenvalue weighted by molar-refractivity contribution is 6.20. The zero-order valence-electron chi connectivity index (χ0n) is 9.64. The Balaban J connectivity index is 2.40. The lowest BCUT2D eigenvalue weighted by atomic mass is 10.0. The standard InChI is InChI=1S/C13H17ClF2/c1-9(2)11(14)5-3-4-10-6-7-12(15)13(16)8-10/h6-9,11H,3-5H2,1-2H3. The molecule has 0 aliphatic heterocycles. The number of alkyl halides is 1. The summed E-state index contributed by atoms with van der Waals surface area (Å²) < 4.78 is 25.6. The Morgan fingerprint density at radius 3 is 2.44 bits per heavy atom. The van der Waals surface area contributed by atoms with Gasteiger partial charge in [-0.25, -0.2) is 8.78 Å². The molecule has 0 fully saturated rings. The highest BCUT2D eigenvalue weighted by atomic mass is 35.5. The molecule has 0 N–H and O–H groups in total. The van der Waals surface area contributed by atoms with Crippen molar-refractivity contribution in [2.45, 2.75) is 38.5 Å². The summed E-state index contributed by atoms with van der Waals surface area (Å²) >= 11 is 6.10. The van der Waals surface area contributed by atoms with E-state index in [0.717, 1.165) is 24.8 Å². The number of aryl methyl sites for hydroxylation is 1. The van der Waals surface area contributed by atoms with Crippen LogP contribution in [0, 0.1) is 17.6 Å². The predicted molar refractivity (Wildman–Crippen MR) is 63.8 cm³/mol. The first-order chi connectivity index (χ1) is 7.50. The predicted octanol–water partition coefficient (Wildman–Crippen LogP) is 4.55. The van der Waals surface area contributed by atoms with Gasteiger partial charge in [0.05, 0.1) is 0 Å². The average molecular weight is 247 g/mol. The second-order valence-electron chi connectivity index (χ2n) is 4.40. The van der Waals surface area contributed by atoms with Gasteiger partial charge in [0.15, 0.2) is 11.6 Å². The Bertz CT molecular complexity index is 337. The van der Waals surface area contributed by atoms with E-state index in [0.29, 0.717) is 5.92 Å². The molecule has 1 unspecified atom stereocenters. The van der Waals surface area contributed by atoms with Gasteiger partial charge in [-0.05, 0) is 42.9 Å². The molecule has 0 aliphatic rings. The van der Waals surface area contributed by atoms with Crippen molar-refractivity contribution in [3.63, 3.8) is 0 Å². The first-order valence-electron chi connectivity index (χ1n) is 5.58. The largest absolute Gasteiger partial charge is 0.204 e. The molecule has 0 aliphatic carbocycles. The Kier molecular flexibility index (Phi) is 5.20. The van der Waals surface area contributed by atoms with Crippen molar-refractivity contribution in [2.75, 3.05) is 0 Å². The van der Waals surface area contributed by atoms with Crippen LogP contribution in [0.2, 0.25) is 0 Å². The second kappa shape index (κ2) is 6.19. The lowest BCUT2D eigenvalue weighted by molar-refractivity contribution is 0.505. The molecule has 1 atom stereocenters. The molecule has 0 radical (unpaired) electrons. The van der Waals surface area contributed by atoms with Crippen LogP contribution >= 0.6 is 11.6 Å². The molecule has 0 saturated heterocycles. The van der Waals surface area contributed by atoms with Crippen molar-refractivity contribution in [3.8, 4) is 0 Å². The van der Waals surface area contributed by atoms with Crippen LogP contribution in [0.1, 0.15) is 32.3 Å². The maximum Gasteiger partial charge on any atom is 0.159 e. The van der Waals surface area contributed by atoms with Crippen LogP contribution in [0.5, 0.6) is 0 Å². The zero-order valence-corrected chi connectivity index (χ0v) is 10.4. The van der Waals surface area contributed by atoms with Gasteiger partial charge >= 0.3 is 0 Å². The average Bonchev–Trinajstić information content (AvgIpc) is 2.23. The molecule has 3 heteroatoms. The molecular weight excluding hydrogens is 230 g/mol. The minimum Gasteiger partial charge on any atom is -0.204 e. The van der Waals surface area contributed by atoms with Crippen LogP contribution in [0.25, 0.3) is 0 Å². The first kappa shape index (κ1) is 13.4. The van der Waals surface area contributed by atoms with E-state index in [-0.39, 0.29) is 5.38 Å². The first-order valence-corrected chi connectivity index (χ1v) is 6.02. The summed E-state index contributed by atoms with van der Waals surface area (Å²) in [6, 6.07) is 4.05. The maximum absolute atomic E-state index is 12.9. The van der Waals surface area contributed by atoms with Crippen molar-refractivity contribution in [2.24, 2.45) is 5.92 Å². The van der Waals surface area contributed by atoms with Crippen molar-refractivity contribution in [1.29, 1.82) is 0 Å². The summed E-state index contributed by atoms with van der Waals surface area (Å²) in [4.78, 5) is 0. The summed E-state index contributed by atoms with van der Waals surface area (Å²) in [5, 5.41) is 0.158. The van der Waals surface area contributed by atoms with Crippen molar-refractivity contribution >= 4 is 11.6 Å². The van der Waals surface area contributed by atoms with Gasteiger partial charge in [0.25, 0.3) is 0 Å². The Hall–Kier alpha value is -0.630. The van der Waals surface area contributed by atoms with Gasteiger partial charge in [0.2, 0.25) is 0 Å². The minimum absolute atomic E-state index is 0.158. The van der Waals surface area contributed by atoms with Gasteiger partial charge in [-0.1, -0.05) is 19.9 Å². The monoisotopic (exact) mass is 246 g/mol. The molecule has 0 aromatic heterocycles. The highest BCUT2D eigenvalue weighted by Crippen LogP contribution is 2.18. The number of halogens is 3. The fourth-order valence-electron chi connectivity index (χ4n) is 1.53. The molecular formula is C13H17ClF2. The Morgan fingerprint density at radius 1 is 1.19 bits per heavy atom. The molecule has 0 amide bonds. The SMILES string of the molecule is CC(C)C(Cl)CCCc1ccc(F)c(F)c1. The van der Waals surface area contributed by atoms with Gasteiger partial charge in [-0.15, -0.1) is 11.6 Å². The highest BCUT2D eigenvalue weighted by Gasteiger charge is 2.09.